The molecule has 2 heterocycles. The SMILES string of the molecule is CCN1CCCc2cc(-c3ccc(NC)s3)ccc21. The smallest absolute Gasteiger partial charge is 0.0886 e. The predicted octanol–water partition coefficient (Wildman–Crippen LogP) is 4.23. The zero-order valence-electron chi connectivity index (χ0n) is 11.6. The maximum absolute atomic E-state index is 3.21. The lowest BCUT2D eigenvalue weighted by Gasteiger charge is -2.30. The summed E-state index contributed by atoms with van der Waals surface area (Å²) in [6, 6.07) is 11.3. The van der Waals surface area contributed by atoms with Crippen molar-refractivity contribution in [2.24, 2.45) is 0 Å². The maximum Gasteiger partial charge on any atom is 0.0886 e. The fourth-order valence-electron chi connectivity index (χ4n) is 2.78. The molecule has 1 aromatic heterocycles. The lowest BCUT2D eigenvalue weighted by molar-refractivity contribution is 0.708. The number of thiophene rings is 1. The first-order chi connectivity index (χ1) is 9.31. The molecule has 1 N–H and O–H groups in total. The molecule has 100 valence electrons. The van der Waals surface area contributed by atoms with Gasteiger partial charge in [0, 0.05) is 30.7 Å². The molecule has 0 atom stereocenters. The largest absolute Gasteiger partial charge is 0.380 e. The van der Waals surface area contributed by atoms with Gasteiger partial charge in [-0.25, -0.2) is 0 Å². The van der Waals surface area contributed by atoms with Gasteiger partial charge >= 0.3 is 0 Å². The summed E-state index contributed by atoms with van der Waals surface area (Å²) in [5.74, 6) is 0. The third kappa shape index (κ3) is 2.35. The summed E-state index contributed by atoms with van der Waals surface area (Å²) in [6.45, 7) is 4.54. The van der Waals surface area contributed by atoms with Crippen molar-refractivity contribution in [1.82, 2.24) is 0 Å². The highest BCUT2D eigenvalue weighted by Gasteiger charge is 2.16. The Balaban J connectivity index is 1.96. The zero-order chi connectivity index (χ0) is 13.2. The molecule has 0 fully saturated rings. The minimum absolute atomic E-state index is 1.11. The Morgan fingerprint density at radius 3 is 2.89 bits per heavy atom. The van der Waals surface area contributed by atoms with Crippen LogP contribution in [0, 0.1) is 0 Å². The highest BCUT2D eigenvalue weighted by atomic mass is 32.1. The lowest BCUT2D eigenvalue weighted by Crippen LogP contribution is -2.28. The van der Waals surface area contributed by atoms with Gasteiger partial charge in [-0.15, -0.1) is 11.3 Å². The van der Waals surface area contributed by atoms with Crippen molar-refractivity contribution in [1.29, 1.82) is 0 Å². The van der Waals surface area contributed by atoms with E-state index in [1.807, 2.05) is 18.4 Å². The number of nitrogens with one attached hydrogen (secondary N) is 1. The molecule has 2 aromatic rings. The summed E-state index contributed by atoms with van der Waals surface area (Å²) < 4.78 is 0. The van der Waals surface area contributed by atoms with Crippen LogP contribution in [0.25, 0.3) is 10.4 Å². The fraction of sp³-hybridized carbons (Fsp3) is 0.375. The Bertz CT molecular complexity index is 574. The molecular formula is C16H20N2S. The van der Waals surface area contributed by atoms with E-state index in [-0.39, 0.29) is 0 Å². The minimum atomic E-state index is 1.11. The van der Waals surface area contributed by atoms with Gasteiger partial charge in [0.05, 0.1) is 5.00 Å². The highest BCUT2D eigenvalue weighted by molar-refractivity contribution is 7.19. The molecule has 0 bridgehead atoms. The number of benzene rings is 1. The van der Waals surface area contributed by atoms with Crippen molar-refractivity contribution in [3.8, 4) is 10.4 Å². The molecule has 0 radical (unpaired) electrons. The van der Waals surface area contributed by atoms with Crippen LogP contribution in [0.4, 0.5) is 10.7 Å². The molecule has 1 aliphatic rings. The monoisotopic (exact) mass is 272 g/mol. The average Bonchev–Trinajstić information content (AvgIpc) is 2.95. The molecule has 3 heteroatoms. The second-order valence-corrected chi connectivity index (χ2v) is 6.02. The second kappa shape index (κ2) is 5.25. The van der Waals surface area contributed by atoms with Crippen LogP contribution < -0.4 is 10.2 Å². The molecule has 0 amide bonds. The molecule has 0 saturated carbocycles. The highest BCUT2D eigenvalue weighted by Crippen LogP contribution is 2.35. The normalized spacial score (nSPS) is 14.3. The van der Waals surface area contributed by atoms with Crippen molar-refractivity contribution in [2.75, 3.05) is 30.4 Å². The molecule has 0 saturated heterocycles. The van der Waals surface area contributed by atoms with E-state index in [1.165, 1.54) is 46.1 Å². The van der Waals surface area contributed by atoms with Crippen LogP contribution in [-0.4, -0.2) is 20.1 Å². The lowest BCUT2D eigenvalue weighted by atomic mass is 9.99. The Morgan fingerprint density at radius 2 is 2.16 bits per heavy atom. The van der Waals surface area contributed by atoms with Gasteiger partial charge in [0.25, 0.3) is 0 Å². The second-order valence-electron chi connectivity index (χ2n) is 4.94. The summed E-state index contributed by atoms with van der Waals surface area (Å²) in [4.78, 5) is 3.83. The number of aryl methyl sites for hydroxylation is 1. The van der Waals surface area contributed by atoms with Crippen LogP contribution in [-0.2, 0) is 6.42 Å². The van der Waals surface area contributed by atoms with Gasteiger partial charge in [0.2, 0.25) is 0 Å². The van der Waals surface area contributed by atoms with Crippen LogP contribution in [0.2, 0.25) is 0 Å². The number of anilines is 2. The standard InChI is InChI=1S/C16H20N2S/c1-3-18-10-4-5-12-11-13(6-7-14(12)18)15-8-9-16(17-2)19-15/h6-9,11,17H,3-5,10H2,1-2H3. The third-order valence-electron chi connectivity index (χ3n) is 3.81. The Morgan fingerprint density at radius 1 is 1.26 bits per heavy atom. The molecule has 0 aliphatic carbocycles. The van der Waals surface area contributed by atoms with Crippen LogP contribution in [0.15, 0.2) is 30.3 Å². The number of rotatable bonds is 3. The van der Waals surface area contributed by atoms with Gasteiger partial charge in [-0.3, -0.25) is 0 Å². The van der Waals surface area contributed by atoms with E-state index in [9.17, 15) is 0 Å². The molecule has 0 unspecified atom stereocenters. The molecular weight excluding hydrogens is 252 g/mol. The predicted molar refractivity (Wildman–Crippen MR) is 85.5 cm³/mol. The van der Waals surface area contributed by atoms with E-state index >= 15 is 0 Å². The van der Waals surface area contributed by atoms with Crippen LogP contribution in [0.3, 0.4) is 0 Å². The van der Waals surface area contributed by atoms with Gasteiger partial charge in [0.15, 0.2) is 0 Å². The van der Waals surface area contributed by atoms with Crippen LogP contribution in [0.1, 0.15) is 18.9 Å². The number of hydrogen-bond donors (Lipinski definition) is 1. The van der Waals surface area contributed by atoms with Gasteiger partial charge in [-0.1, -0.05) is 6.07 Å². The molecule has 0 spiro atoms. The number of fused-ring (bicyclic) bond motifs is 1. The van der Waals surface area contributed by atoms with Gasteiger partial charge in [0.1, 0.15) is 0 Å². The molecule has 2 nitrogen and oxygen atoms in total. The minimum Gasteiger partial charge on any atom is -0.380 e. The van der Waals surface area contributed by atoms with Gasteiger partial charge in [-0.05, 0) is 55.2 Å². The Labute approximate surface area is 119 Å². The number of hydrogen-bond acceptors (Lipinski definition) is 3. The van der Waals surface area contributed by atoms with Crippen molar-refractivity contribution >= 4 is 22.0 Å². The van der Waals surface area contributed by atoms with Crippen molar-refractivity contribution in [2.45, 2.75) is 19.8 Å². The Kier molecular flexibility index (Phi) is 3.47. The molecule has 1 aromatic carbocycles. The summed E-state index contributed by atoms with van der Waals surface area (Å²) in [5.41, 5.74) is 4.29. The first-order valence-corrected chi connectivity index (χ1v) is 7.79. The van der Waals surface area contributed by atoms with E-state index in [4.69, 9.17) is 0 Å². The van der Waals surface area contributed by atoms with Crippen molar-refractivity contribution < 1.29 is 0 Å². The van der Waals surface area contributed by atoms with E-state index in [1.54, 1.807) is 0 Å². The zero-order valence-corrected chi connectivity index (χ0v) is 12.4. The van der Waals surface area contributed by atoms with Gasteiger partial charge < -0.3 is 10.2 Å². The molecule has 1 aliphatic heterocycles. The van der Waals surface area contributed by atoms with Crippen LogP contribution in [0.5, 0.6) is 0 Å². The van der Waals surface area contributed by atoms with Gasteiger partial charge in [-0.2, -0.15) is 0 Å². The topological polar surface area (TPSA) is 15.3 Å². The first-order valence-electron chi connectivity index (χ1n) is 6.97. The fourth-order valence-corrected chi connectivity index (χ4v) is 3.64. The summed E-state index contributed by atoms with van der Waals surface area (Å²) in [5, 5.41) is 4.43. The summed E-state index contributed by atoms with van der Waals surface area (Å²) in [7, 11) is 1.97. The maximum atomic E-state index is 3.21. The van der Waals surface area contributed by atoms with E-state index in [0.29, 0.717) is 0 Å². The van der Waals surface area contributed by atoms with E-state index in [0.717, 1.165) is 6.54 Å². The van der Waals surface area contributed by atoms with Crippen molar-refractivity contribution in [3.63, 3.8) is 0 Å². The average molecular weight is 272 g/mol. The van der Waals surface area contributed by atoms with E-state index < -0.39 is 0 Å². The van der Waals surface area contributed by atoms with Crippen LogP contribution >= 0.6 is 11.3 Å². The number of nitrogens with zero attached hydrogens (tertiary/aromatic N) is 1. The Hall–Kier alpha value is -1.48. The van der Waals surface area contributed by atoms with E-state index in [2.05, 4.69) is 47.5 Å². The first kappa shape index (κ1) is 12.5. The summed E-state index contributed by atoms with van der Waals surface area (Å²) >= 11 is 1.82. The molecule has 19 heavy (non-hydrogen) atoms. The van der Waals surface area contributed by atoms with Crippen molar-refractivity contribution in [3.05, 3.63) is 35.9 Å². The summed E-state index contributed by atoms with van der Waals surface area (Å²) in [6.07, 6.45) is 2.49. The third-order valence-corrected chi connectivity index (χ3v) is 4.96. The molecule has 3 rings (SSSR count). The quantitative estimate of drug-likeness (QED) is 0.899.